The second-order valence-corrected chi connectivity index (χ2v) is 7.75. The molecule has 0 aliphatic rings. The SMILES string of the molecule is Cc1cc2nccn2cc1CNC(=O)Cn1c(C)cnc(NCCc2ccccc2)c1=O. The molecule has 3 heterocycles. The number of amides is 1. The Labute approximate surface area is 186 Å². The first kappa shape index (κ1) is 21.3. The summed E-state index contributed by atoms with van der Waals surface area (Å²) in [5.41, 5.74) is 4.41. The summed E-state index contributed by atoms with van der Waals surface area (Å²) < 4.78 is 3.36. The summed E-state index contributed by atoms with van der Waals surface area (Å²) in [6, 6.07) is 12.0. The Morgan fingerprint density at radius 3 is 2.75 bits per heavy atom. The quantitative estimate of drug-likeness (QED) is 0.448. The first-order chi connectivity index (χ1) is 15.5. The number of hydrogen-bond donors (Lipinski definition) is 2. The van der Waals surface area contributed by atoms with Crippen molar-refractivity contribution in [1.29, 1.82) is 0 Å². The summed E-state index contributed by atoms with van der Waals surface area (Å²) in [6.07, 6.45) is 7.94. The molecular formula is C24H26N6O2. The second-order valence-electron chi connectivity index (χ2n) is 7.75. The molecule has 0 aliphatic carbocycles. The predicted molar refractivity (Wildman–Crippen MR) is 124 cm³/mol. The number of aromatic nitrogens is 4. The smallest absolute Gasteiger partial charge is 0.293 e. The lowest BCUT2D eigenvalue weighted by Gasteiger charge is -2.13. The standard InChI is InChI=1S/C24H26N6O2/c1-17-12-21-25-10-11-29(21)15-20(17)14-27-22(31)16-30-18(2)13-28-23(24(30)32)26-9-8-19-6-4-3-5-7-19/h3-7,10-13,15H,8-9,14,16H2,1-2H3,(H,26,28)(H,27,31). The van der Waals surface area contributed by atoms with Gasteiger partial charge in [0.05, 0.1) is 0 Å². The van der Waals surface area contributed by atoms with E-state index in [4.69, 9.17) is 0 Å². The monoisotopic (exact) mass is 430 g/mol. The van der Waals surface area contributed by atoms with E-state index in [0.717, 1.165) is 23.2 Å². The molecule has 0 atom stereocenters. The number of imidazole rings is 1. The molecule has 0 fully saturated rings. The number of nitrogens with zero attached hydrogens (tertiary/aromatic N) is 4. The summed E-state index contributed by atoms with van der Waals surface area (Å²) in [5, 5.41) is 6.01. The third-order valence-corrected chi connectivity index (χ3v) is 5.43. The van der Waals surface area contributed by atoms with Crippen molar-refractivity contribution in [3.8, 4) is 0 Å². The lowest BCUT2D eigenvalue weighted by Crippen LogP contribution is -2.34. The molecule has 3 aromatic heterocycles. The van der Waals surface area contributed by atoms with Crippen molar-refractivity contribution in [2.24, 2.45) is 0 Å². The molecule has 32 heavy (non-hydrogen) atoms. The van der Waals surface area contributed by atoms with Crippen LogP contribution in [0.15, 0.2) is 66.0 Å². The summed E-state index contributed by atoms with van der Waals surface area (Å²) in [4.78, 5) is 33.9. The van der Waals surface area contributed by atoms with Gasteiger partial charge in [0.1, 0.15) is 12.2 Å². The van der Waals surface area contributed by atoms with Gasteiger partial charge in [-0.05, 0) is 43.0 Å². The van der Waals surface area contributed by atoms with Crippen molar-refractivity contribution in [3.05, 3.63) is 93.9 Å². The number of anilines is 1. The van der Waals surface area contributed by atoms with E-state index in [9.17, 15) is 9.59 Å². The number of nitrogens with one attached hydrogen (secondary N) is 2. The van der Waals surface area contributed by atoms with Crippen LogP contribution in [0.4, 0.5) is 5.82 Å². The molecule has 8 heteroatoms. The van der Waals surface area contributed by atoms with Gasteiger partial charge in [0.25, 0.3) is 5.56 Å². The van der Waals surface area contributed by atoms with Crippen LogP contribution in [-0.2, 0) is 24.3 Å². The highest BCUT2D eigenvalue weighted by atomic mass is 16.2. The Morgan fingerprint density at radius 2 is 1.94 bits per heavy atom. The van der Waals surface area contributed by atoms with E-state index >= 15 is 0 Å². The average Bonchev–Trinajstić information content (AvgIpc) is 3.24. The van der Waals surface area contributed by atoms with Crippen molar-refractivity contribution in [1.82, 2.24) is 24.3 Å². The summed E-state index contributed by atoms with van der Waals surface area (Å²) >= 11 is 0. The van der Waals surface area contributed by atoms with Gasteiger partial charge in [-0.2, -0.15) is 0 Å². The van der Waals surface area contributed by atoms with Crippen LogP contribution in [0.1, 0.15) is 22.4 Å². The molecule has 0 spiro atoms. The van der Waals surface area contributed by atoms with Crippen molar-refractivity contribution in [3.63, 3.8) is 0 Å². The molecule has 1 amide bonds. The number of pyridine rings is 1. The average molecular weight is 431 g/mol. The van der Waals surface area contributed by atoms with E-state index in [-0.39, 0.29) is 23.8 Å². The Balaban J connectivity index is 1.39. The number of fused-ring (bicyclic) bond motifs is 1. The fourth-order valence-electron chi connectivity index (χ4n) is 3.54. The first-order valence-corrected chi connectivity index (χ1v) is 10.5. The third kappa shape index (κ3) is 4.85. The van der Waals surface area contributed by atoms with Gasteiger partial charge in [-0.15, -0.1) is 0 Å². The highest BCUT2D eigenvalue weighted by Crippen LogP contribution is 2.11. The second kappa shape index (κ2) is 9.47. The maximum absolute atomic E-state index is 12.9. The Bertz CT molecular complexity index is 1290. The molecule has 0 unspecified atom stereocenters. The van der Waals surface area contributed by atoms with Crippen LogP contribution in [0.2, 0.25) is 0 Å². The van der Waals surface area contributed by atoms with Gasteiger partial charge in [0, 0.05) is 43.6 Å². The number of aryl methyl sites for hydroxylation is 2. The molecular weight excluding hydrogens is 404 g/mol. The zero-order valence-corrected chi connectivity index (χ0v) is 18.2. The van der Waals surface area contributed by atoms with Crippen LogP contribution in [0.25, 0.3) is 5.65 Å². The predicted octanol–water partition coefficient (Wildman–Crippen LogP) is 2.48. The van der Waals surface area contributed by atoms with Gasteiger partial charge >= 0.3 is 0 Å². The summed E-state index contributed by atoms with van der Waals surface area (Å²) in [7, 11) is 0. The molecule has 0 saturated carbocycles. The number of carbonyl (C=O) groups excluding carboxylic acids is 1. The largest absolute Gasteiger partial charge is 0.365 e. The van der Waals surface area contributed by atoms with Gasteiger partial charge in [0.2, 0.25) is 5.91 Å². The highest BCUT2D eigenvalue weighted by molar-refractivity contribution is 5.76. The van der Waals surface area contributed by atoms with Crippen molar-refractivity contribution >= 4 is 17.4 Å². The van der Waals surface area contributed by atoms with Crippen molar-refractivity contribution in [2.75, 3.05) is 11.9 Å². The number of benzene rings is 1. The molecule has 0 aliphatic heterocycles. The maximum atomic E-state index is 12.9. The van der Waals surface area contributed by atoms with Crippen LogP contribution >= 0.6 is 0 Å². The van der Waals surface area contributed by atoms with Crippen LogP contribution in [-0.4, -0.2) is 31.4 Å². The maximum Gasteiger partial charge on any atom is 0.293 e. The van der Waals surface area contributed by atoms with Crippen LogP contribution in [0.3, 0.4) is 0 Å². The van der Waals surface area contributed by atoms with E-state index in [0.29, 0.717) is 18.8 Å². The van der Waals surface area contributed by atoms with Gasteiger partial charge in [-0.3, -0.25) is 14.2 Å². The van der Waals surface area contributed by atoms with Crippen LogP contribution in [0, 0.1) is 13.8 Å². The normalized spacial score (nSPS) is 10.9. The van der Waals surface area contributed by atoms with Crippen LogP contribution < -0.4 is 16.2 Å². The van der Waals surface area contributed by atoms with Crippen LogP contribution in [0.5, 0.6) is 0 Å². The van der Waals surface area contributed by atoms with Gasteiger partial charge < -0.3 is 15.0 Å². The molecule has 8 nitrogen and oxygen atoms in total. The Hall–Kier alpha value is -3.94. The fourth-order valence-corrected chi connectivity index (χ4v) is 3.54. The van der Waals surface area contributed by atoms with E-state index in [1.165, 1.54) is 10.1 Å². The number of rotatable bonds is 8. The topological polar surface area (TPSA) is 93.3 Å². The van der Waals surface area contributed by atoms with E-state index in [2.05, 4.69) is 20.6 Å². The summed E-state index contributed by atoms with van der Waals surface area (Å²) in [6.45, 7) is 4.65. The molecule has 2 N–H and O–H groups in total. The first-order valence-electron chi connectivity index (χ1n) is 10.5. The van der Waals surface area contributed by atoms with E-state index < -0.39 is 0 Å². The minimum Gasteiger partial charge on any atom is -0.365 e. The molecule has 164 valence electrons. The Kier molecular flexibility index (Phi) is 6.30. The molecule has 1 aromatic carbocycles. The minimum atomic E-state index is -0.302. The Morgan fingerprint density at radius 1 is 1.12 bits per heavy atom. The fraction of sp³-hybridized carbons (Fsp3) is 0.250. The minimum absolute atomic E-state index is 0.0626. The molecule has 4 rings (SSSR count). The van der Waals surface area contributed by atoms with Gasteiger partial charge in [0.15, 0.2) is 5.82 Å². The number of carbonyl (C=O) groups is 1. The molecule has 4 aromatic rings. The van der Waals surface area contributed by atoms with Crippen molar-refractivity contribution in [2.45, 2.75) is 33.4 Å². The molecule has 0 saturated heterocycles. The van der Waals surface area contributed by atoms with Gasteiger partial charge in [-0.25, -0.2) is 9.97 Å². The lowest BCUT2D eigenvalue weighted by molar-refractivity contribution is -0.121. The van der Waals surface area contributed by atoms with Gasteiger partial charge in [-0.1, -0.05) is 30.3 Å². The highest BCUT2D eigenvalue weighted by Gasteiger charge is 2.12. The molecule has 0 bridgehead atoms. The molecule has 0 radical (unpaired) electrons. The number of hydrogen-bond acceptors (Lipinski definition) is 5. The lowest BCUT2D eigenvalue weighted by atomic mass is 10.1. The zero-order chi connectivity index (χ0) is 22.5. The zero-order valence-electron chi connectivity index (χ0n) is 18.2. The van der Waals surface area contributed by atoms with E-state index in [1.54, 1.807) is 19.3 Å². The summed E-state index contributed by atoms with van der Waals surface area (Å²) in [5.74, 6) is 0.0162. The third-order valence-electron chi connectivity index (χ3n) is 5.43. The van der Waals surface area contributed by atoms with E-state index in [1.807, 2.05) is 60.1 Å². The van der Waals surface area contributed by atoms with Crippen molar-refractivity contribution < 1.29 is 4.79 Å².